The Morgan fingerprint density at radius 3 is 2.22 bits per heavy atom. The van der Waals surface area contributed by atoms with Gasteiger partial charge in [0.2, 0.25) is 0 Å². The van der Waals surface area contributed by atoms with Crippen molar-refractivity contribution in [3.63, 3.8) is 0 Å². The first-order valence-corrected chi connectivity index (χ1v) is 6.57. The molecule has 0 atom stereocenters. The van der Waals surface area contributed by atoms with Gasteiger partial charge in [0.1, 0.15) is 5.82 Å². The fraction of sp³-hybridized carbons (Fsp3) is 0.571. The Morgan fingerprint density at radius 1 is 1.22 bits per heavy atom. The molecule has 0 fully saturated rings. The Kier molecular flexibility index (Phi) is 5.13. The van der Waals surface area contributed by atoms with E-state index in [0.29, 0.717) is 5.56 Å². The molecule has 0 aliphatic rings. The lowest BCUT2D eigenvalue weighted by atomic mass is 9.89. The van der Waals surface area contributed by atoms with E-state index in [0.717, 1.165) is 25.1 Å². The molecule has 0 saturated heterocycles. The molecular formula is C14H23N3O. The zero-order chi connectivity index (χ0) is 13.6. The molecule has 0 spiro atoms. The maximum atomic E-state index is 12.2. The fourth-order valence-electron chi connectivity index (χ4n) is 2.00. The zero-order valence-electron chi connectivity index (χ0n) is 11.7. The summed E-state index contributed by atoms with van der Waals surface area (Å²) in [5.74, 6) is 0.718. The molecule has 1 amide bonds. The molecule has 0 radical (unpaired) electrons. The van der Waals surface area contributed by atoms with E-state index in [1.165, 1.54) is 0 Å². The largest absolute Gasteiger partial charge is 0.373 e. The van der Waals surface area contributed by atoms with Crippen LogP contribution < -0.4 is 10.6 Å². The van der Waals surface area contributed by atoms with E-state index in [1.807, 2.05) is 0 Å². The van der Waals surface area contributed by atoms with Crippen molar-refractivity contribution in [2.45, 2.75) is 45.6 Å². The van der Waals surface area contributed by atoms with E-state index in [9.17, 15) is 4.79 Å². The van der Waals surface area contributed by atoms with Gasteiger partial charge < -0.3 is 10.6 Å². The van der Waals surface area contributed by atoms with Crippen LogP contribution in [0, 0.1) is 0 Å². The molecule has 0 unspecified atom stereocenters. The predicted molar refractivity (Wildman–Crippen MR) is 74.9 cm³/mol. The number of hydrogen-bond acceptors (Lipinski definition) is 3. The number of amides is 1. The quantitative estimate of drug-likeness (QED) is 0.815. The van der Waals surface area contributed by atoms with Crippen molar-refractivity contribution in [1.29, 1.82) is 0 Å². The van der Waals surface area contributed by atoms with Crippen molar-refractivity contribution in [1.82, 2.24) is 10.3 Å². The lowest BCUT2D eigenvalue weighted by Crippen LogP contribution is -2.47. The van der Waals surface area contributed by atoms with Crippen LogP contribution in [0.3, 0.4) is 0 Å². The van der Waals surface area contributed by atoms with Gasteiger partial charge in [0, 0.05) is 18.8 Å². The van der Waals surface area contributed by atoms with E-state index >= 15 is 0 Å². The molecule has 0 bridgehead atoms. The standard InChI is InChI=1S/C14H23N3O/c1-5-14(6-2,7-3)17-13(18)11-8-9-12(15-4)16-10-11/h8-10H,5-7H2,1-4H3,(H,15,16)(H,17,18). The van der Waals surface area contributed by atoms with Gasteiger partial charge in [-0.1, -0.05) is 20.8 Å². The van der Waals surface area contributed by atoms with Gasteiger partial charge in [0.15, 0.2) is 0 Å². The van der Waals surface area contributed by atoms with Crippen molar-refractivity contribution in [3.05, 3.63) is 23.9 Å². The average Bonchev–Trinajstić information content (AvgIpc) is 2.45. The van der Waals surface area contributed by atoms with Crippen LogP contribution in [0.4, 0.5) is 5.82 Å². The second-order valence-corrected chi connectivity index (χ2v) is 4.48. The highest BCUT2D eigenvalue weighted by atomic mass is 16.1. The third-order valence-electron chi connectivity index (χ3n) is 3.69. The number of carbonyl (C=O) groups is 1. The Morgan fingerprint density at radius 2 is 1.83 bits per heavy atom. The number of aromatic nitrogens is 1. The SMILES string of the molecule is CCC(CC)(CC)NC(=O)c1ccc(NC)nc1. The lowest BCUT2D eigenvalue weighted by Gasteiger charge is -2.31. The van der Waals surface area contributed by atoms with Crippen LogP contribution in [0.2, 0.25) is 0 Å². The summed E-state index contributed by atoms with van der Waals surface area (Å²) in [6.07, 6.45) is 4.42. The molecule has 1 aromatic heterocycles. The number of nitrogens with one attached hydrogen (secondary N) is 2. The predicted octanol–water partition coefficient (Wildman–Crippen LogP) is 2.82. The summed E-state index contributed by atoms with van der Waals surface area (Å²) in [6.45, 7) is 6.32. The molecule has 1 rings (SSSR count). The Labute approximate surface area is 109 Å². The third kappa shape index (κ3) is 3.22. The summed E-state index contributed by atoms with van der Waals surface area (Å²) in [7, 11) is 1.80. The molecule has 1 aromatic rings. The molecule has 0 aliphatic heterocycles. The molecule has 4 nitrogen and oxygen atoms in total. The van der Waals surface area contributed by atoms with Gasteiger partial charge >= 0.3 is 0 Å². The van der Waals surface area contributed by atoms with Crippen LogP contribution in [0.1, 0.15) is 50.4 Å². The summed E-state index contributed by atoms with van der Waals surface area (Å²) < 4.78 is 0. The average molecular weight is 249 g/mol. The highest BCUT2D eigenvalue weighted by Gasteiger charge is 2.26. The molecule has 0 aromatic carbocycles. The normalized spacial score (nSPS) is 11.1. The van der Waals surface area contributed by atoms with Gasteiger partial charge in [-0.3, -0.25) is 4.79 Å². The van der Waals surface area contributed by atoms with Crippen LogP contribution in [0.15, 0.2) is 18.3 Å². The van der Waals surface area contributed by atoms with E-state index < -0.39 is 0 Å². The molecule has 4 heteroatoms. The van der Waals surface area contributed by atoms with E-state index in [-0.39, 0.29) is 11.4 Å². The fourth-order valence-corrected chi connectivity index (χ4v) is 2.00. The van der Waals surface area contributed by atoms with Crippen molar-refractivity contribution in [2.24, 2.45) is 0 Å². The minimum absolute atomic E-state index is 0.0456. The van der Waals surface area contributed by atoms with Crippen LogP contribution in [-0.2, 0) is 0 Å². The Balaban J connectivity index is 2.80. The van der Waals surface area contributed by atoms with Crippen molar-refractivity contribution >= 4 is 11.7 Å². The van der Waals surface area contributed by atoms with Crippen molar-refractivity contribution in [2.75, 3.05) is 12.4 Å². The number of hydrogen-bond donors (Lipinski definition) is 2. The van der Waals surface area contributed by atoms with Gasteiger partial charge in [0.25, 0.3) is 5.91 Å². The highest BCUT2D eigenvalue weighted by Crippen LogP contribution is 2.20. The summed E-state index contributed by atoms with van der Waals surface area (Å²) >= 11 is 0. The number of carbonyl (C=O) groups excluding carboxylic acids is 1. The van der Waals surface area contributed by atoms with Gasteiger partial charge in [0.05, 0.1) is 5.56 Å². The zero-order valence-corrected chi connectivity index (χ0v) is 11.7. The van der Waals surface area contributed by atoms with Crippen molar-refractivity contribution in [3.8, 4) is 0 Å². The van der Waals surface area contributed by atoms with Crippen LogP contribution in [0.5, 0.6) is 0 Å². The van der Waals surface area contributed by atoms with Crippen LogP contribution >= 0.6 is 0 Å². The first-order chi connectivity index (χ1) is 8.60. The third-order valence-corrected chi connectivity index (χ3v) is 3.69. The number of pyridine rings is 1. The molecule has 0 saturated carbocycles. The van der Waals surface area contributed by atoms with E-state index in [4.69, 9.17) is 0 Å². The molecule has 1 heterocycles. The van der Waals surface area contributed by atoms with Gasteiger partial charge in [-0.2, -0.15) is 0 Å². The Bertz CT molecular complexity index is 374. The monoisotopic (exact) mass is 249 g/mol. The molecule has 100 valence electrons. The second-order valence-electron chi connectivity index (χ2n) is 4.48. The summed E-state index contributed by atoms with van der Waals surface area (Å²) in [5.41, 5.74) is 0.507. The molecule has 0 aliphatic carbocycles. The maximum absolute atomic E-state index is 12.2. The number of anilines is 1. The lowest BCUT2D eigenvalue weighted by molar-refractivity contribution is 0.0888. The highest BCUT2D eigenvalue weighted by molar-refractivity contribution is 5.94. The summed E-state index contributed by atoms with van der Waals surface area (Å²) in [4.78, 5) is 16.3. The Hall–Kier alpha value is -1.58. The smallest absolute Gasteiger partial charge is 0.253 e. The van der Waals surface area contributed by atoms with Gasteiger partial charge in [-0.05, 0) is 31.4 Å². The van der Waals surface area contributed by atoms with Crippen molar-refractivity contribution < 1.29 is 4.79 Å². The number of rotatable bonds is 6. The topological polar surface area (TPSA) is 54.0 Å². The van der Waals surface area contributed by atoms with Crippen LogP contribution in [0.25, 0.3) is 0 Å². The first kappa shape index (κ1) is 14.5. The summed E-state index contributed by atoms with van der Waals surface area (Å²) in [5, 5.41) is 6.07. The minimum Gasteiger partial charge on any atom is -0.373 e. The van der Waals surface area contributed by atoms with Gasteiger partial charge in [-0.15, -0.1) is 0 Å². The molecule has 18 heavy (non-hydrogen) atoms. The molecule has 2 N–H and O–H groups in total. The first-order valence-electron chi connectivity index (χ1n) is 6.57. The second kappa shape index (κ2) is 6.38. The van der Waals surface area contributed by atoms with E-state index in [1.54, 1.807) is 25.4 Å². The number of nitrogens with zero attached hydrogens (tertiary/aromatic N) is 1. The minimum atomic E-state index is -0.0985. The van der Waals surface area contributed by atoms with Gasteiger partial charge in [-0.25, -0.2) is 4.98 Å². The molecular weight excluding hydrogens is 226 g/mol. The van der Waals surface area contributed by atoms with Crippen LogP contribution in [-0.4, -0.2) is 23.5 Å². The van der Waals surface area contributed by atoms with E-state index in [2.05, 4.69) is 36.4 Å². The summed E-state index contributed by atoms with van der Waals surface area (Å²) in [6, 6.07) is 3.60. The maximum Gasteiger partial charge on any atom is 0.253 e.